The van der Waals surface area contributed by atoms with Gasteiger partial charge in [0.05, 0.1) is 22.1 Å². The van der Waals surface area contributed by atoms with Gasteiger partial charge in [-0.05, 0) is 89.0 Å². The van der Waals surface area contributed by atoms with Crippen molar-refractivity contribution in [3.05, 3.63) is 182 Å². The molecule has 0 fully saturated rings. The van der Waals surface area contributed by atoms with Gasteiger partial charge >= 0.3 is 0 Å². The Morgan fingerprint density at radius 3 is 1.35 bits per heavy atom. The molecule has 0 atom stereocenters. The second-order valence-electron chi connectivity index (χ2n) is 13.4. The van der Waals surface area contributed by atoms with Crippen LogP contribution in [0.3, 0.4) is 0 Å². The number of fused-ring (bicyclic) bond motifs is 9. The van der Waals surface area contributed by atoms with Crippen molar-refractivity contribution in [1.29, 1.82) is 0 Å². The number of furan rings is 1. The van der Waals surface area contributed by atoms with Crippen LogP contribution in [0.2, 0.25) is 0 Å². The molecule has 0 saturated heterocycles. The summed E-state index contributed by atoms with van der Waals surface area (Å²) < 4.78 is 11.3. The van der Waals surface area contributed by atoms with Gasteiger partial charge in [-0.3, -0.25) is 0 Å². The molecule has 0 unspecified atom stereocenters. The van der Waals surface area contributed by atoms with Crippen molar-refractivity contribution in [2.24, 2.45) is 0 Å². The fraction of sp³-hybridized carbons (Fsp3) is 0. The lowest BCUT2D eigenvalue weighted by molar-refractivity contribution is 0.669. The third-order valence-electron chi connectivity index (χ3n) is 10.5. The van der Waals surface area contributed by atoms with Crippen LogP contribution >= 0.6 is 0 Å². The summed E-state index contributed by atoms with van der Waals surface area (Å²) >= 11 is 0. The largest absolute Gasteiger partial charge is 0.456 e. The first-order chi connectivity index (χ1) is 25.3. The van der Waals surface area contributed by atoms with E-state index in [1.54, 1.807) is 0 Å². The van der Waals surface area contributed by atoms with E-state index in [0.717, 1.165) is 33.3 Å². The predicted octanol–water partition coefficient (Wildman–Crippen LogP) is 13.1. The summed E-state index contributed by atoms with van der Waals surface area (Å²) in [5, 5.41) is 7.17. The van der Waals surface area contributed by atoms with Gasteiger partial charge < -0.3 is 13.6 Å². The highest BCUT2D eigenvalue weighted by molar-refractivity contribution is 6.13. The van der Waals surface area contributed by atoms with Crippen LogP contribution in [0.4, 0.5) is 0 Å². The zero-order valence-corrected chi connectivity index (χ0v) is 27.6. The third kappa shape index (κ3) is 4.25. The maximum absolute atomic E-state index is 6.47. The molecule has 238 valence electrons. The Bertz CT molecular complexity index is 3070. The van der Waals surface area contributed by atoms with Crippen molar-refractivity contribution >= 4 is 65.6 Å². The Morgan fingerprint density at radius 1 is 0.275 bits per heavy atom. The minimum atomic E-state index is 0.880. The molecule has 0 aliphatic carbocycles. The summed E-state index contributed by atoms with van der Waals surface area (Å²) in [5.74, 6) is 0. The minimum absolute atomic E-state index is 0.880. The number of rotatable bonds is 4. The first kappa shape index (κ1) is 28.0. The van der Waals surface area contributed by atoms with Crippen LogP contribution in [0.5, 0.6) is 0 Å². The average Bonchev–Trinajstić information content (AvgIpc) is 3.85. The number of hydrogen-bond acceptors (Lipinski definition) is 1. The molecular formula is C48H30N2O. The van der Waals surface area contributed by atoms with Crippen LogP contribution in [0, 0.1) is 0 Å². The molecule has 3 heterocycles. The Balaban J connectivity index is 1.15. The molecule has 0 N–H and O–H groups in total. The summed E-state index contributed by atoms with van der Waals surface area (Å²) in [7, 11) is 0. The lowest BCUT2D eigenvalue weighted by atomic mass is 10.0. The fourth-order valence-corrected chi connectivity index (χ4v) is 8.15. The molecule has 3 nitrogen and oxygen atoms in total. The third-order valence-corrected chi connectivity index (χ3v) is 10.5. The topological polar surface area (TPSA) is 23.0 Å². The van der Waals surface area contributed by atoms with E-state index in [1.165, 1.54) is 65.9 Å². The molecule has 0 aliphatic rings. The van der Waals surface area contributed by atoms with Crippen molar-refractivity contribution < 1.29 is 4.42 Å². The van der Waals surface area contributed by atoms with E-state index in [0.29, 0.717) is 0 Å². The van der Waals surface area contributed by atoms with Gasteiger partial charge in [-0.15, -0.1) is 0 Å². The zero-order chi connectivity index (χ0) is 33.5. The highest BCUT2D eigenvalue weighted by Crippen LogP contribution is 2.40. The molecular weight excluding hydrogens is 621 g/mol. The Hall–Kier alpha value is -6.84. The smallest absolute Gasteiger partial charge is 0.135 e. The van der Waals surface area contributed by atoms with Gasteiger partial charge in [-0.2, -0.15) is 0 Å². The van der Waals surface area contributed by atoms with Gasteiger partial charge in [0.25, 0.3) is 0 Å². The second-order valence-corrected chi connectivity index (χ2v) is 13.4. The summed E-state index contributed by atoms with van der Waals surface area (Å²) in [6, 6.07) is 65.5. The predicted molar refractivity (Wildman–Crippen MR) is 213 cm³/mol. The monoisotopic (exact) mass is 650 g/mol. The molecule has 51 heavy (non-hydrogen) atoms. The van der Waals surface area contributed by atoms with Crippen LogP contribution in [-0.2, 0) is 0 Å². The minimum Gasteiger partial charge on any atom is -0.456 e. The summed E-state index contributed by atoms with van der Waals surface area (Å²) in [6.45, 7) is 0. The molecule has 0 saturated carbocycles. The molecule has 0 amide bonds. The van der Waals surface area contributed by atoms with Crippen LogP contribution in [-0.4, -0.2) is 9.13 Å². The van der Waals surface area contributed by atoms with E-state index in [9.17, 15) is 0 Å². The molecule has 0 radical (unpaired) electrons. The van der Waals surface area contributed by atoms with E-state index >= 15 is 0 Å². The molecule has 0 bridgehead atoms. The SMILES string of the molecule is c1ccc(-c2ccc3c(c2)c2ccc(-c4ccccc4)cc2n3-c2ccc3oc4ccc(-n5c6ccccc6c6ccccc65)cc4c3c2)cc1. The number of para-hydroxylation sites is 2. The molecule has 0 aliphatic heterocycles. The van der Waals surface area contributed by atoms with Crippen LogP contribution in [0.15, 0.2) is 186 Å². The van der Waals surface area contributed by atoms with Crippen molar-refractivity contribution in [3.63, 3.8) is 0 Å². The van der Waals surface area contributed by atoms with E-state index < -0.39 is 0 Å². The first-order valence-corrected chi connectivity index (χ1v) is 17.4. The van der Waals surface area contributed by atoms with Gasteiger partial charge in [-0.25, -0.2) is 0 Å². The number of benzene rings is 8. The van der Waals surface area contributed by atoms with E-state index in [4.69, 9.17) is 4.42 Å². The summed E-state index contributed by atoms with van der Waals surface area (Å²) in [4.78, 5) is 0. The van der Waals surface area contributed by atoms with Crippen molar-refractivity contribution in [2.75, 3.05) is 0 Å². The zero-order valence-electron chi connectivity index (χ0n) is 27.6. The standard InChI is InChI=1S/C48H30N2O/c1-3-11-31(12-4-1)33-20-24-45-40(27-33)39-23-19-34(32-13-5-2-6-14-32)28-46(39)50(45)36-22-26-48-42(30-36)41-29-35(21-25-47(41)51-48)49-43-17-9-7-15-37(43)38-16-8-10-18-44(38)49/h1-30H. The number of nitrogens with zero attached hydrogens (tertiary/aromatic N) is 2. The Labute approximate surface area is 293 Å². The summed E-state index contributed by atoms with van der Waals surface area (Å²) in [6.07, 6.45) is 0. The second kappa shape index (κ2) is 10.8. The normalized spacial score (nSPS) is 11.9. The van der Waals surface area contributed by atoms with Crippen LogP contribution < -0.4 is 0 Å². The maximum atomic E-state index is 6.47. The average molecular weight is 651 g/mol. The van der Waals surface area contributed by atoms with Crippen molar-refractivity contribution in [2.45, 2.75) is 0 Å². The van der Waals surface area contributed by atoms with Crippen LogP contribution in [0.1, 0.15) is 0 Å². The fourth-order valence-electron chi connectivity index (χ4n) is 8.15. The molecule has 11 aromatic rings. The molecule has 8 aromatic carbocycles. The van der Waals surface area contributed by atoms with Gasteiger partial charge in [0, 0.05) is 43.7 Å². The lowest BCUT2D eigenvalue weighted by Crippen LogP contribution is -1.94. The Morgan fingerprint density at radius 2 is 0.745 bits per heavy atom. The van der Waals surface area contributed by atoms with Gasteiger partial charge in [0.15, 0.2) is 0 Å². The van der Waals surface area contributed by atoms with Gasteiger partial charge in [0.2, 0.25) is 0 Å². The van der Waals surface area contributed by atoms with Crippen LogP contribution in [0.25, 0.3) is 99.2 Å². The first-order valence-electron chi connectivity index (χ1n) is 17.4. The molecule has 3 heteroatoms. The quantitative estimate of drug-likeness (QED) is 0.186. The highest BCUT2D eigenvalue weighted by Gasteiger charge is 2.18. The van der Waals surface area contributed by atoms with Crippen molar-refractivity contribution in [3.8, 4) is 33.6 Å². The number of hydrogen-bond donors (Lipinski definition) is 0. The Kier molecular flexibility index (Phi) is 5.96. The summed E-state index contributed by atoms with van der Waals surface area (Å²) in [5.41, 5.74) is 13.5. The van der Waals surface area contributed by atoms with Gasteiger partial charge in [-0.1, -0.05) is 115 Å². The van der Waals surface area contributed by atoms with E-state index in [-0.39, 0.29) is 0 Å². The van der Waals surface area contributed by atoms with Crippen molar-refractivity contribution in [1.82, 2.24) is 9.13 Å². The van der Waals surface area contributed by atoms with E-state index in [1.807, 2.05) is 0 Å². The number of aromatic nitrogens is 2. The lowest BCUT2D eigenvalue weighted by Gasteiger charge is -2.10. The maximum Gasteiger partial charge on any atom is 0.135 e. The molecule has 3 aromatic heterocycles. The van der Waals surface area contributed by atoms with E-state index in [2.05, 4.69) is 191 Å². The molecule has 0 spiro atoms. The molecule has 11 rings (SSSR count). The van der Waals surface area contributed by atoms with Gasteiger partial charge in [0.1, 0.15) is 11.2 Å². The highest BCUT2D eigenvalue weighted by atomic mass is 16.3.